The maximum absolute atomic E-state index is 13.4. The normalized spacial score (nSPS) is 12.8. The first-order valence-corrected chi connectivity index (χ1v) is 12.7. The smallest absolute Gasteiger partial charge is 0.409 e. The number of alkyl carbamates (subject to hydrolysis) is 1. The summed E-state index contributed by atoms with van der Waals surface area (Å²) in [6.45, 7) is 5.12. The molecule has 0 radical (unpaired) electrons. The molecule has 2 heterocycles. The van der Waals surface area contributed by atoms with E-state index >= 15 is 0 Å². The molecular weight excluding hydrogens is 568 g/mol. The molecule has 10 nitrogen and oxygen atoms in total. The van der Waals surface area contributed by atoms with Crippen LogP contribution in [0, 0.1) is 0 Å². The first kappa shape index (κ1) is 30.3. The van der Waals surface area contributed by atoms with Gasteiger partial charge in [0, 0.05) is 25.2 Å². The number of nitrogens with one attached hydrogen (secondary N) is 1. The number of rotatable bonds is 10. The monoisotopic (exact) mass is 598 g/mol. The van der Waals surface area contributed by atoms with Crippen LogP contribution in [0.3, 0.4) is 0 Å². The number of aromatic nitrogens is 1. The fraction of sp³-hybridized carbons (Fsp3) is 0.440. The number of para-hydroxylation sites is 1. The lowest BCUT2D eigenvalue weighted by molar-refractivity contribution is -0.697. The van der Waals surface area contributed by atoms with Gasteiger partial charge in [-0.3, -0.25) is 4.79 Å². The van der Waals surface area contributed by atoms with Crippen LogP contribution in [0.25, 0.3) is 0 Å². The van der Waals surface area contributed by atoms with E-state index in [0.29, 0.717) is 37.6 Å². The number of ether oxygens (including phenoxy) is 3. The standard InChI is InChI=1S/C25H31BrN4O6.ClH/c1-2-9-28-18-20(17-21(26)19-28)23(31)30(22-6-4-3-5-7-22)12-16-35-24(32)27-8-13-36-25(33)29-10-14-34-15-11-29;/h3-7,17-19H,2,8-16H2,1H3;1H. The van der Waals surface area contributed by atoms with E-state index in [9.17, 15) is 14.4 Å². The minimum atomic E-state index is -0.652. The molecule has 1 aromatic heterocycles. The fourth-order valence-electron chi connectivity index (χ4n) is 3.62. The highest BCUT2D eigenvalue weighted by atomic mass is 79.9. The molecule has 0 bridgehead atoms. The van der Waals surface area contributed by atoms with Crippen molar-refractivity contribution in [2.75, 3.05) is 57.5 Å². The molecule has 0 unspecified atom stereocenters. The van der Waals surface area contributed by atoms with Crippen LogP contribution in [0.5, 0.6) is 0 Å². The van der Waals surface area contributed by atoms with Gasteiger partial charge in [0.25, 0.3) is 5.91 Å². The average Bonchev–Trinajstić information content (AvgIpc) is 2.89. The number of nitrogens with zero attached hydrogens (tertiary/aromatic N) is 3. The Balaban J connectivity index is 0.00000481. The first-order chi connectivity index (χ1) is 17.5. The molecule has 3 rings (SSSR count). The average molecular weight is 600 g/mol. The van der Waals surface area contributed by atoms with Gasteiger partial charge >= 0.3 is 12.2 Å². The van der Waals surface area contributed by atoms with Crippen molar-refractivity contribution in [1.29, 1.82) is 0 Å². The molecule has 1 fully saturated rings. The van der Waals surface area contributed by atoms with E-state index in [4.69, 9.17) is 14.2 Å². The molecule has 0 saturated carbocycles. The van der Waals surface area contributed by atoms with Crippen LogP contribution in [-0.2, 0) is 20.8 Å². The number of aryl methyl sites for hydroxylation is 1. The van der Waals surface area contributed by atoms with Crippen LogP contribution >= 0.6 is 15.9 Å². The lowest BCUT2D eigenvalue weighted by atomic mass is 10.2. The Morgan fingerprint density at radius 2 is 1.84 bits per heavy atom. The van der Waals surface area contributed by atoms with E-state index in [2.05, 4.69) is 28.2 Å². The molecule has 1 N–H and O–H groups in total. The molecule has 12 heteroatoms. The van der Waals surface area contributed by atoms with Gasteiger partial charge in [0.1, 0.15) is 25.3 Å². The molecule has 1 aliphatic rings. The van der Waals surface area contributed by atoms with Gasteiger partial charge in [-0.25, -0.2) is 14.2 Å². The van der Waals surface area contributed by atoms with Crippen molar-refractivity contribution in [3.05, 3.63) is 58.8 Å². The summed E-state index contributed by atoms with van der Waals surface area (Å²) < 4.78 is 18.4. The Morgan fingerprint density at radius 3 is 2.54 bits per heavy atom. The number of halogens is 2. The van der Waals surface area contributed by atoms with Gasteiger partial charge in [0.15, 0.2) is 12.4 Å². The zero-order chi connectivity index (χ0) is 25.8. The van der Waals surface area contributed by atoms with Gasteiger partial charge in [0.2, 0.25) is 0 Å². The Bertz CT molecular complexity index is 1020. The summed E-state index contributed by atoms with van der Waals surface area (Å²) in [7, 11) is 0. The number of carbonyl (C=O) groups excluding carboxylic acids is 3. The molecule has 3 amide bonds. The second-order valence-corrected chi connectivity index (χ2v) is 8.97. The molecule has 0 aliphatic carbocycles. The molecular formula is C25H32BrClN4O6. The van der Waals surface area contributed by atoms with E-state index in [-0.39, 0.29) is 44.6 Å². The van der Waals surface area contributed by atoms with Crippen molar-refractivity contribution in [3.63, 3.8) is 0 Å². The first-order valence-electron chi connectivity index (χ1n) is 11.9. The minimum absolute atomic E-state index is 0. The third kappa shape index (κ3) is 9.83. The summed E-state index contributed by atoms with van der Waals surface area (Å²) in [4.78, 5) is 40.6. The minimum Gasteiger partial charge on any atom is -1.00 e. The Hall–Kier alpha value is -2.89. The summed E-state index contributed by atoms with van der Waals surface area (Å²) in [6.07, 6.45) is 3.60. The lowest BCUT2D eigenvalue weighted by Crippen LogP contribution is -3.00. The van der Waals surface area contributed by atoms with Gasteiger partial charge in [-0.1, -0.05) is 25.1 Å². The lowest BCUT2D eigenvalue weighted by Gasteiger charge is -2.25. The van der Waals surface area contributed by atoms with E-state index in [1.165, 1.54) is 0 Å². The summed E-state index contributed by atoms with van der Waals surface area (Å²) in [6, 6.07) is 11.0. The van der Waals surface area contributed by atoms with Crippen molar-refractivity contribution < 1.29 is 45.6 Å². The summed E-state index contributed by atoms with van der Waals surface area (Å²) in [5.74, 6) is -0.202. The number of benzene rings is 1. The molecule has 202 valence electrons. The maximum atomic E-state index is 13.4. The highest BCUT2D eigenvalue weighted by Crippen LogP contribution is 2.18. The fourth-order valence-corrected chi connectivity index (χ4v) is 4.13. The van der Waals surface area contributed by atoms with E-state index in [1.54, 1.807) is 15.9 Å². The van der Waals surface area contributed by atoms with Gasteiger partial charge in [-0.2, -0.15) is 0 Å². The molecule has 1 aromatic carbocycles. The van der Waals surface area contributed by atoms with Crippen LogP contribution in [0.1, 0.15) is 23.7 Å². The number of amides is 3. The second kappa shape index (κ2) is 16.1. The van der Waals surface area contributed by atoms with Crippen LogP contribution in [0.15, 0.2) is 53.3 Å². The van der Waals surface area contributed by atoms with Crippen LogP contribution < -0.4 is 27.2 Å². The van der Waals surface area contributed by atoms with Crippen molar-refractivity contribution in [2.45, 2.75) is 19.9 Å². The molecule has 0 atom stereocenters. The molecule has 37 heavy (non-hydrogen) atoms. The van der Waals surface area contributed by atoms with Gasteiger partial charge in [0.05, 0.1) is 30.8 Å². The largest absolute Gasteiger partial charge is 1.00 e. The highest BCUT2D eigenvalue weighted by molar-refractivity contribution is 9.10. The molecule has 2 aromatic rings. The zero-order valence-corrected chi connectivity index (χ0v) is 23.1. The maximum Gasteiger partial charge on any atom is 0.409 e. The second-order valence-electron chi connectivity index (χ2n) is 8.05. The topological polar surface area (TPSA) is 101 Å². The number of carbonyl (C=O) groups is 3. The molecule has 1 saturated heterocycles. The van der Waals surface area contributed by atoms with E-state index in [0.717, 1.165) is 17.4 Å². The number of hydrogen-bond acceptors (Lipinski definition) is 6. The number of anilines is 1. The Labute approximate surface area is 231 Å². The van der Waals surface area contributed by atoms with Crippen LogP contribution in [-0.4, -0.2) is 75.6 Å². The van der Waals surface area contributed by atoms with Crippen LogP contribution in [0.4, 0.5) is 15.3 Å². The third-order valence-corrected chi connectivity index (χ3v) is 5.78. The highest BCUT2D eigenvalue weighted by Gasteiger charge is 2.22. The van der Waals surface area contributed by atoms with Crippen molar-refractivity contribution >= 4 is 39.7 Å². The van der Waals surface area contributed by atoms with Crippen LogP contribution in [0.2, 0.25) is 0 Å². The third-order valence-electron chi connectivity index (χ3n) is 5.34. The van der Waals surface area contributed by atoms with E-state index in [1.807, 2.05) is 47.3 Å². The molecule has 1 aliphatic heterocycles. The van der Waals surface area contributed by atoms with Crippen molar-refractivity contribution in [2.24, 2.45) is 0 Å². The summed E-state index contributed by atoms with van der Waals surface area (Å²) in [5, 5.41) is 2.55. The van der Waals surface area contributed by atoms with Gasteiger partial charge in [-0.15, -0.1) is 0 Å². The summed E-state index contributed by atoms with van der Waals surface area (Å²) >= 11 is 3.48. The van der Waals surface area contributed by atoms with Crippen molar-refractivity contribution in [1.82, 2.24) is 10.2 Å². The van der Waals surface area contributed by atoms with E-state index < -0.39 is 12.2 Å². The zero-order valence-electron chi connectivity index (χ0n) is 20.7. The SMILES string of the molecule is CCC[n+]1cc(Br)cc(C(=O)N(CCOC(=O)NCCOC(=O)N2CCOCC2)c2ccccc2)c1.[Cl-]. The quantitative estimate of drug-likeness (QED) is 0.305. The summed E-state index contributed by atoms with van der Waals surface area (Å²) in [5.41, 5.74) is 1.22. The number of hydrogen-bond donors (Lipinski definition) is 1. The van der Waals surface area contributed by atoms with Gasteiger partial charge in [-0.05, 0) is 34.1 Å². The predicted octanol–water partition coefficient (Wildman–Crippen LogP) is -0.00760. The predicted molar refractivity (Wildman–Crippen MR) is 136 cm³/mol. The Kier molecular flexibility index (Phi) is 13.2. The number of pyridine rings is 1. The Morgan fingerprint density at radius 1 is 1.11 bits per heavy atom. The van der Waals surface area contributed by atoms with Gasteiger partial charge < -0.3 is 41.7 Å². The molecule has 0 spiro atoms. The number of morpholine rings is 1. The van der Waals surface area contributed by atoms with Crippen molar-refractivity contribution in [3.8, 4) is 0 Å².